The molecule has 89 heavy (non-hydrogen) atoms. The average Bonchev–Trinajstić information content (AvgIpc) is 3.67. The predicted molar refractivity (Wildman–Crippen MR) is 393 cm³/mol. The van der Waals surface area contributed by atoms with Gasteiger partial charge in [0, 0.05) is 12.8 Å². The van der Waals surface area contributed by atoms with Crippen molar-refractivity contribution >= 4 is 11.9 Å². The van der Waals surface area contributed by atoms with E-state index >= 15 is 0 Å². The molecule has 0 spiro atoms. The lowest BCUT2D eigenvalue weighted by Gasteiger charge is -2.20. The molecule has 0 aromatic heterocycles. The second-order valence-electron chi connectivity index (χ2n) is 28.5. The minimum absolute atomic E-state index is 0.0252. The number of carbonyl (C=O) groups is 2. The van der Waals surface area contributed by atoms with Crippen molar-refractivity contribution in [1.29, 1.82) is 0 Å². The molecule has 0 heterocycles. The van der Waals surface area contributed by atoms with Gasteiger partial charge in [0.25, 0.3) is 0 Å². The van der Waals surface area contributed by atoms with Gasteiger partial charge in [-0.1, -0.05) is 423 Å². The highest BCUT2D eigenvalue weighted by Gasteiger charge is 2.18. The number of allylic oxidation sites excluding steroid dienone is 3. The monoisotopic (exact) mass is 1250 g/mol. The van der Waals surface area contributed by atoms with E-state index in [-0.39, 0.29) is 18.5 Å². The molecule has 2 unspecified atom stereocenters. The van der Waals surface area contributed by atoms with Crippen molar-refractivity contribution in [3.8, 4) is 0 Å². The van der Waals surface area contributed by atoms with Crippen LogP contribution in [0.25, 0.3) is 0 Å². The molecule has 0 aromatic carbocycles. The van der Waals surface area contributed by atoms with E-state index < -0.39 is 12.1 Å². The molecule has 0 aliphatic heterocycles. The van der Waals surface area contributed by atoms with Crippen LogP contribution in [0.2, 0.25) is 0 Å². The first-order chi connectivity index (χ1) is 44.0. The quantitative estimate of drug-likeness (QED) is 0.0320. The Morgan fingerprint density at radius 2 is 0.528 bits per heavy atom. The molecule has 0 aromatic rings. The predicted octanol–water partition coefficient (Wildman–Crippen LogP) is 27.2. The fourth-order valence-corrected chi connectivity index (χ4v) is 13.2. The zero-order chi connectivity index (χ0) is 64.2. The number of aliphatic hydroxyl groups excluding tert-OH is 2. The van der Waals surface area contributed by atoms with Gasteiger partial charge in [-0.2, -0.15) is 0 Å². The molecule has 0 saturated carbocycles. The van der Waals surface area contributed by atoms with Gasteiger partial charge in [0.15, 0.2) is 0 Å². The van der Waals surface area contributed by atoms with Crippen molar-refractivity contribution in [2.24, 2.45) is 0 Å². The Balaban J connectivity index is 3.34. The van der Waals surface area contributed by atoms with Crippen molar-refractivity contribution < 1.29 is 24.5 Å². The SMILES string of the molecule is CCCCCCCCCCCCCCCCCCCC/C=C/C(O)C(CO)NC(=O)CCCCCCCCCCCCCCCCCCC/C=C\CCCCCCCCCCCCCCCCCCOC(=O)CCCCCCCCCCCCCCCCC. The normalized spacial score (nSPS) is 12.5. The molecule has 2 atom stereocenters. The minimum atomic E-state index is -0.842. The summed E-state index contributed by atoms with van der Waals surface area (Å²) in [6.45, 7) is 4.96. The van der Waals surface area contributed by atoms with Gasteiger partial charge in [0.05, 0.1) is 25.4 Å². The van der Waals surface area contributed by atoms with Gasteiger partial charge in [0.2, 0.25) is 5.91 Å². The van der Waals surface area contributed by atoms with E-state index in [1.165, 1.54) is 405 Å². The van der Waals surface area contributed by atoms with E-state index in [0.717, 1.165) is 38.5 Å². The van der Waals surface area contributed by atoms with Crippen LogP contribution in [0.4, 0.5) is 0 Å². The summed E-state index contributed by atoms with van der Waals surface area (Å²) in [6, 6.07) is -0.625. The maximum Gasteiger partial charge on any atom is 0.305 e. The lowest BCUT2D eigenvalue weighted by Crippen LogP contribution is -2.45. The van der Waals surface area contributed by atoms with Crippen LogP contribution in [-0.4, -0.2) is 47.4 Å². The van der Waals surface area contributed by atoms with Gasteiger partial charge in [-0.3, -0.25) is 9.59 Å². The zero-order valence-corrected chi connectivity index (χ0v) is 60.7. The van der Waals surface area contributed by atoms with Gasteiger partial charge in [-0.15, -0.1) is 0 Å². The number of hydrogen-bond acceptors (Lipinski definition) is 5. The van der Waals surface area contributed by atoms with E-state index in [1.807, 2.05) is 6.08 Å². The molecule has 6 heteroatoms. The van der Waals surface area contributed by atoms with E-state index in [1.54, 1.807) is 6.08 Å². The fraction of sp³-hybridized carbons (Fsp3) is 0.928. The van der Waals surface area contributed by atoms with Crippen LogP contribution in [0.3, 0.4) is 0 Å². The number of amides is 1. The van der Waals surface area contributed by atoms with Crippen LogP contribution >= 0.6 is 0 Å². The Labute approximate surface area is 558 Å². The molecule has 6 nitrogen and oxygen atoms in total. The molecule has 0 fully saturated rings. The molecule has 0 bridgehead atoms. The van der Waals surface area contributed by atoms with Crippen LogP contribution in [0.1, 0.15) is 470 Å². The largest absolute Gasteiger partial charge is 0.466 e. The third kappa shape index (κ3) is 75.3. The van der Waals surface area contributed by atoms with E-state index in [0.29, 0.717) is 19.4 Å². The smallest absolute Gasteiger partial charge is 0.305 e. The summed E-state index contributed by atoms with van der Waals surface area (Å²) in [5.41, 5.74) is 0. The third-order valence-corrected chi connectivity index (χ3v) is 19.5. The maximum atomic E-state index is 12.5. The van der Waals surface area contributed by atoms with Crippen molar-refractivity contribution in [1.82, 2.24) is 5.32 Å². The van der Waals surface area contributed by atoms with Crippen LogP contribution in [0, 0.1) is 0 Å². The number of esters is 1. The number of hydrogen-bond donors (Lipinski definition) is 3. The molecule has 528 valence electrons. The molecular weight excluding hydrogens is 1090 g/mol. The molecular formula is C83H161NO5. The Bertz CT molecular complexity index is 1400. The number of carbonyl (C=O) groups excluding carboxylic acids is 2. The van der Waals surface area contributed by atoms with Gasteiger partial charge >= 0.3 is 5.97 Å². The minimum Gasteiger partial charge on any atom is -0.466 e. The van der Waals surface area contributed by atoms with Crippen LogP contribution in [0.5, 0.6) is 0 Å². The lowest BCUT2D eigenvalue weighted by molar-refractivity contribution is -0.143. The van der Waals surface area contributed by atoms with E-state index in [9.17, 15) is 19.8 Å². The standard InChI is InChI=1S/C83H161NO5/c1-3-5-7-9-11-13-15-17-19-20-21-41-44-48-51-55-59-63-67-71-75-81(86)80(79-85)84-82(87)76-72-68-64-60-56-52-49-45-42-39-37-35-33-31-29-27-25-23-22-24-26-28-30-32-34-36-38-40-43-46-50-54-58-62-66-70-74-78-89-83(88)77-73-69-65-61-57-53-47-18-16-14-12-10-8-6-4-2/h22,24,71,75,80-81,85-86H,3-21,23,25-70,72-74,76-79H2,1-2H3,(H,84,87)/b24-22-,75-71+. The van der Waals surface area contributed by atoms with Crippen molar-refractivity contribution in [3.63, 3.8) is 0 Å². The Morgan fingerprint density at radius 1 is 0.303 bits per heavy atom. The third-order valence-electron chi connectivity index (χ3n) is 19.5. The van der Waals surface area contributed by atoms with Crippen LogP contribution < -0.4 is 5.32 Å². The van der Waals surface area contributed by atoms with Crippen molar-refractivity contribution in [2.45, 2.75) is 482 Å². The molecule has 0 saturated heterocycles. The second-order valence-corrected chi connectivity index (χ2v) is 28.5. The summed E-state index contributed by atoms with van der Waals surface area (Å²) >= 11 is 0. The van der Waals surface area contributed by atoms with Gasteiger partial charge in [-0.25, -0.2) is 0 Å². The molecule has 1 amide bonds. The first-order valence-electron chi connectivity index (χ1n) is 41.1. The summed E-state index contributed by atoms with van der Waals surface area (Å²) in [6.07, 6.45) is 102. The van der Waals surface area contributed by atoms with Crippen LogP contribution in [0.15, 0.2) is 24.3 Å². The molecule has 3 N–H and O–H groups in total. The highest BCUT2D eigenvalue weighted by molar-refractivity contribution is 5.76. The van der Waals surface area contributed by atoms with E-state index in [4.69, 9.17) is 4.74 Å². The summed E-state index contributed by atoms with van der Waals surface area (Å²) < 4.78 is 5.51. The van der Waals surface area contributed by atoms with Gasteiger partial charge in [0.1, 0.15) is 0 Å². The highest BCUT2D eigenvalue weighted by atomic mass is 16.5. The number of unbranched alkanes of at least 4 members (excludes halogenated alkanes) is 65. The average molecular weight is 1250 g/mol. The zero-order valence-electron chi connectivity index (χ0n) is 60.7. The highest BCUT2D eigenvalue weighted by Crippen LogP contribution is 2.20. The summed E-state index contributed by atoms with van der Waals surface area (Å²) in [7, 11) is 0. The lowest BCUT2D eigenvalue weighted by atomic mass is 10.0. The maximum absolute atomic E-state index is 12.5. The first kappa shape index (κ1) is 87.3. The van der Waals surface area contributed by atoms with Gasteiger partial charge in [-0.05, 0) is 57.8 Å². The summed E-state index contributed by atoms with van der Waals surface area (Å²) in [5, 5.41) is 23.3. The Hall–Kier alpha value is -1.66. The summed E-state index contributed by atoms with van der Waals surface area (Å²) in [5.74, 6) is -0.0340. The van der Waals surface area contributed by atoms with Crippen molar-refractivity contribution in [3.05, 3.63) is 24.3 Å². The number of nitrogens with one attached hydrogen (secondary N) is 1. The molecule has 0 rings (SSSR count). The molecule has 0 aliphatic rings. The number of ether oxygens (including phenoxy) is 1. The van der Waals surface area contributed by atoms with Gasteiger partial charge < -0.3 is 20.3 Å². The van der Waals surface area contributed by atoms with E-state index in [2.05, 4.69) is 31.3 Å². The second kappa shape index (κ2) is 78.8. The molecule has 0 aliphatic carbocycles. The Kier molecular flexibility index (Phi) is 77.3. The molecule has 0 radical (unpaired) electrons. The number of rotatable bonds is 78. The Morgan fingerprint density at radius 3 is 0.798 bits per heavy atom. The fourth-order valence-electron chi connectivity index (χ4n) is 13.2. The summed E-state index contributed by atoms with van der Waals surface area (Å²) in [4.78, 5) is 24.6. The van der Waals surface area contributed by atoms with Crippen LogP contribution in [-0.2, 0) is 14.3 Å². The topological polar surface area (TPSA) is 95.9 Å². The van der Waals surface area contributed by atoms with Crippen molar-refractivity contribution in [2.75, 3.05) is 13.2 Å². The number of aliphatic hydroxyl groups is 2. The first-order valence-corrected chi connectivity index (χ1v) is 41.1.